The zero-order valence-electron chi connectivity index (χ0n) is 16.9. The molecule has 6 unspecified atom stereocenters. The molecule has 0 spiro atoms. The van der Waals surface area contributed by atoms with E-state index in [9.17, 15) is 15.0 Å². The highest BCUT2D eigenvalue weighted by Crippen LogP contribution is 2.55. The van der Waals surface area contributed by atoms with E-state index in [1.165, 1.54) is 26.4 Å². The zero-order valence-corrected chi connectivity index (χ0v) is 16.9. The fourth-order valence-corrected chi connectivity index (χ4v) is 5.11. The third-order valence-corrected chi connectivity index (χ3v) is 6.77. The highest BCUT2D eigenvalue weighted by molar-refractivity contribution is 5.68. The summed E-state index contributed by atoms with van der Waals surface area (Å²) < 4.78 is 4.67. The first-order valence-corrected chi connectivity index (χ1v) is 11.0. The van der Waals surface area contributed by atoms with Gasteiger partial charge in [0.2, 0.25) is 0 Å². The van der Waals surface area contributed by atoms with Crippen molar-refractivity contribution in [2.24, 2.45) is 23.7 Å². The Morgan fingerprint density at radius 2 is 1.85 bits per heavy atom. The van der Waals surface area contributed by atoms with Crippen LogP contribution in [0.4, 0.5) is 0 Å². The number of hydrogen-bond acceptors (Lipinski definition) is 4. The number of aliphatic hydroxyl groups is 2. The summed E-state index contributed by atoms with van der Waals surface area (Å²) in [7, 11) is 1.44. The normalized spacial score (nSPS) is 31.8. The minimum Gasteiger partial charge on any atom is -0.469 e. The van der Waals surface area contributed by atoms with Gasteiger partial charge in [-0.2, -0.15) is 0 Å². The molecular formula is C22H40O4. The lowest BCUT2D eigenvalue weighted by Crippen LogP contribution is -2.22. The van der Waals surface area contributed by atoms with Crippen molar-refractivity contribution in [3.8, 4) is 0 Å². The molecule has 2 aliphatic carbocycles. The van der Waals surface area contributed by atoms with Crippen LogP contribution in [0.25, 0.3) is 0 Å². The van der Waals surface area contributed by atoms with Gasteiger partial charge in [0.15, 0.2) is 0 Å². The van der Waals surface area contributed by atoms with E-state index in [1.807, 2.05) is 0 Å². The quantitative estimate of drug-likeness (QED) is 0.372. The number of aliphatic hydroxyl groups excluding tert-OH is 2. The summed E-state index contributed by atoms with van der Waals surface area (Å²) in [5, 5.41) is 20.9. The standard InChI is InChI=1S/C22H40O4/c1-3-4-7-11-20(23)19-15-18(19)16-13-14-21(24)17(16)10-8-5-6-9-12-22(25)26-2/h16-21,23-24H,3-15H2,1-2H3. The molecule has 152 valence electrons. The van der Waals surface area contributed by atoms with Crippen molar-refractivity contribution < 1.29 is 19.7 Å². The molecule has 26 heavy (non-hydrogen) atoms. The van der Waals surface area contributed by atoms with Gasteiger partial charge in [-0.3, -0.25) is 4.79 Å². The van der Waals surface area contributed by atoms with Gasteiger partial charge in [-0.1, -0.05) is 45.4 Å². The maximum absolute atomic E-state index is 11.1. The van der Waals surface area contributed by atoms with E-state index in [0.717, 1.165) is 57.8 Å². The van der Waals surface area contributed by atoms with Crippen LogP contribution < -0.4 is 0 Å². The maximum atomic E-state index is 11.1. The first kappa shape index (κ1) is 21.7. The van der Waals surface area contributed by atoms with Crippen molar-refractivity contribution in [2.75, 3.05) is 7.11 Å². The van der Waals surface area contributed by atoms with E-state index >= 15 is 0 Å². The van der Waals surface area contributed by atoms with E-state index in [4.69, 9.17) is 0 Å². The predicted molar refractivity (Wildman–Crippen MR) is 104 cm³/mol. The Hall–Kier alpha value is -0.610. The molecule has 6 atom stereocenters. The fraction of sp³-hybridized carbons (Fsp3) is 0.955. The molecular weight excluding hydrogens is 328 g/mol. The number of ether oxygens (including phenoxy) is 1. The van der Waals surface area contributed by atoms with Crippen LogP contribution in [0.5, 0.6) is 0 Å². The summed E-state index contributed by atoms with van der Waals surface area (Å²) in [5.74, 6) is 2.06. The van der Waals surface area contributed by atoms with Crippen molar-refractivity contribution in [3.05, 3.63) is 0 Å². The molecule has 0 aromatic heterocycles. The van der Waals surface area contributed by atoms with Crippen molar-refractivity contribution in [3.63, 3.8) is 0 Å². The Kier molecular flexibility index (Phi) is 9.41. The van der Waals surface area contributed by atoms with Gasteiger partial charge in [-0.25, -0.2) is 0 Å². The van der Waals surface area contributed by atoms with Crippen LogP contribution in [0.1, 0.15) is 90.4 Å². The molecule has 2 saturated carbocycles. The topological polar surface area (TPSA) is 66.8 Å². The van der Waals surface area contributed by atoms with Crippen molar-refractivity contribution in [1.29, 1.82) is 0 Å². The number of rotatable bonds is 13. The summed E-state index contributed by atoms with van der Waals surface area (Å²) >= 11 is 0. The first-order valence-electron chi connectivity index (χ1n) is 11.0. The Morgan fingerprint density at radius 1 is 1.08 bits per heavy atom. The summed E-state index contributed by atoms with van der Waals surface area (Å²) in [6.45, 7) is 2.20. The summed E-state index contributed by atoms with van der Waals surface area (Å²) in [5.41, 5.74) is 0. The van der Waals surface area contributed by atoms with Crippen molar-refractivity contribution in [1.82, 2.24) is 0 Å². The first-order chi connectivity index (χ1) is 12.6. The SMILES string of the molecule is CCCCCC(O)C1CC1C1CCC(O)C1CCCCCCC(=O)OC. The van der Waals surface area contributed by atoms with E-state index in [0.29, 0.717) is 30.1 Å². The third-order valence-electron chi connectivity index (χ3n) is 6.77. The lowest BCUT2D eigenvalue weighted by atomic mass is 9.84. The lowest BCUT2D eigenvalue weighted by molar-refractivity contribution is -0.140. The molecule has 0 bridgehead atoms. The van der Waals surface area contributed by atoms with Gasteiger partial charge in [0.1, 0.15) is 0 Å². The number of hydrogen-bond donors (Lipinski definition) is 2. The summed E-state index contributed by atoms with van der Waals surface area (Å²) in [4.78, 5) is 11.1. The highest BCUT2D eigenvalue weighted by atomic mass is 16.5. The number of methoxy groups -OCH3 is 1. The van der Waals surface area contributed by atoms with Gasteiger partial charge in [0.25, 0.3) is 0 Å². The van der Waals surface area contributed by atoms with Crippen LogP contribution >= 0.6 is 0 Å². The molecule has 0 heterocycles. The Balaban J connectivity index is 1.65. The van der Waals surface area contributed by atoms with Crippen molar-refractivity contribution in [2.45, 2.75) is 103 Å². The van der Waals surface area contributed by atoms with Crippen molar-refractivity contribution >= 4 is 5.97 Å². The average molecular weight is 369 g/mol. The van der Waals surface area contributed by atoms with Gasteiger partial charge in [-0.15, -0.1) is 0 Å². The summed E-state index contributed by atoms with van der Waals surface area (Å²) in [6.07, 6.45) is 13.3. The molecule has 4 heteroatoms. The number of carbonyl (C=O) groups excluding carboxylic acids is 1. The maximum Gasteiger partial charge on any atom is 0.305 e. The fourth-order valence-electron chi connectivity index (χ4n) is 5.11. The van der Waals surface area contributed by atoms with E-state index in [1.54, 1.807) is 0 Å². The van der Waals surface area contributed by atoms with Crippen LogP contribution in [0, 0.1) is 23.7 Å². The largest absolute Gasteiger partial charge is 0.469 e. The van der Waals surface area contributed by atoms with E-state index in [-0.39, 0.29) is 18.2 Å². The minimum absolute atomic E-state index is 0.117. The molecule has 2 aliphatic rings. The number of esters is 1. The smallest absolute Gasteiger partial charge is 0.305 e. The predicted octanol–water partition coefficient (Wildman–Crippen LogP) is 4.46. The molecule has 4 nitrogen and oxygen atoms in total. The van der Waals surface area contributed by atoms with E-state index < -0.39 is 0 Å². The third kappa shape index (κ3) is 6.53. The molecule has 0 radical (unpaired) electrons. The summed E-state index contributed by atoms with van der Waals surface area (Å²) in [6, 6.07) is 0. The number of carbonyl (C=O) groups is 1. The molecule has 0 aliphatic heterocycles. The monoisotopic (exact) mass is 368 g/mol. The van der Waals surface area contributed by atoms with Gasteiger partial charge in [0, 0.05) is 6.42 Å². The van der Waals surface area contributed by atoms with Crippen LogP contribution in [-0.2, 0) is 9.53 Å². The molecule has 0 saturated heterocycles. The lowest BCUT2D eigenvalue weighted by Gasteiger charge is -2.23. The van der Waals surface area contributed by atoms with Gasteiger partial charge < -0.3 is 14.9 Å². The van der Waals surface area contributed by atoms with Crippen LogP contribution in [-0.4, -0.2) is 35.5 Å². The second-order valence-electron chi connectivity index (χ2n) is 8.63. The Bertz CT molecular complexity index is 411. The minimum atomic E-state index is -0.145. The molecule has 2 rings (SSSR count). The van der Waals surface area contributed by atoms with Crippen LogP contribution in [0.15, 0.2) is 0 Å². The zero-order chi connectivity index (χ0) is 18.9. The number of unbranched alkanes of at least 4 members (excludes halogenated alkanes) is 5. The Labute approximate surface area is 159 Å². The van der Waals surface area contributed by atoms with Gasteiger partial charge in [-0.05, 0) is 62.2 Å². The molecule has 0 aromatic carbocycles. The molecule has 0 amide bonds. The second kappa shape index (κ2) is 11.3. The van der Waals surface area contributed by atoms with Gasteiger partial charge in [0.05, 0.1) is 19.3 Å². The van der Waals surface area contributed by atoms with Crippen LogP contribution in [0.2, 0.25) is 0 Å². The van der Waals surface area contributed by atoms with Crippen LogP contribution in [0.3, 0.4) is 0 Å². The van der Waals surface area contributed by atoms with E-state index in [2.05, 4.69) is 11.7 Å². The molecule has 0 aromatic rings. The van der Waals surface area contributed by atoms with Gasteiger partial charge >= 0.3 is 5.97 Å². The molecule has 2 N–H and O–H groups in total. The molecule has 2 fully saturated rings. The highest BCUT2D eigenvalue weighted by Gasteiger charge is 2.51. The second-order valence-corrected chi connectivity index (χ2v) is 8.63. The Morgan fingerprint density at radius 3 is 2.58 bits per heavy atom. The average Bonchev–Trinajstić information content (AvgIpc) is 3.35.